The summed E-state index contributed by atoms with van der Waals surface area (Å²) in [5.41, 5.74) is 0.00337. The van der Waals surface area contributed by atoms with Crippen molar-refractivity contribution in [3.05, 3.63) is 18.3 Å². The van der Waals surface area contributed by atoms with Crippen LogP contribution in [-0.2, 0) is 9.53 Å². The van der Waals surface area contributed by atoms with Crippen molar-refractivity contribution in [2.75, 3.05) is 12.4 Å². The van der Waals surface area contributed by atoms with Crippen LogP contribution in [-0.4, -0.2) is 38.7 Å². The maximum Gasteiger partial charge on any atom is 0.307 e. The fourth-order valence-electron chi connectivity index (χ4n) is 4.21. The Morgan fingerprint density at radius 3 is 2.68 bits per heavy atom. The maximum atomic E-state index is 12.5. The number of ether oxygens (including phenoxy) is 1. The van der Waals surface area contributed by atoms with E-state index in [-0.39, 0.29) is 18.3 Å². The third kappa shape index (κ3) is 7.01. The van der Waals surface area contributed by atoms with Crippen molar-refractivity contribution >= 4 is 11.8 Å². The molecule has 2 heterocycles. The van der Waals surface area contributed by atoms with Crippen molar-refractivity contribution in [1.82, 2.24) is 20.1 Å². The third-order valence-electron chi connectivity index (χ3n) is 5.66. The second kappa shape index (κ2) is 10.7. The summed E-state index contributed by atoms with van der Waals surface area (Å²) in [5.74, 6) is 1.79. The highest BCUT2D eigenvalue weighted by molar-refractivity contribution is 5.71. The van der Waals surface area contributed by atoms with E-state index in [1.54, 1.807) is 19.4 Å². The number of hydrogen-bond donors (Lipinski definition) is 1. The maximum absolute atomic E-state index is 12.5. The molecule has 0 aliphatic heterocycles. The molecule has 0 amide bonds. The van der Waals surface area contributed by atoms with E-state index in [0.717, 1.165) is 18.8 Å². The second-order valence-electron chi connectivity index (χ2n) is 9.38. The van der Waals surface area contributed by atoms with Gasteiger partial charge in [-0.15, -0.1) is 0 Å². The van der Waals surface area contributed by atoms with Crippen molar-refractivity contribution in [2.45, 2.75) is 90.1 Å². The molecule has 1 atom stereocenters. The Hall–Kier alpha value is -2.51. The van der Waals surface area contributed by atoms with E-state index < -0.39 is 5.60 Å². The van der Waals surface area contributed by atoms with Gasteiger partial charge in [-0.3, -0.25) is 4.79 Å². The quantitative estimate of drug-likeness (QED) is 0.547. The molecule has 1 fully saturated rings. The van der Waals surface area contributed by atoms with E-state index in [4.69, 9.17) is 9.26 Å². The standard InChI is InChI=1S/C23H35N5O3/c1-23(2,3)30-18(29)15-17(12-8-11-16-9-6-5-7-10-16)22-27-21(28-31-22)19-20(24-4)26-14-13-25-19/h13-14,16-17H,5-12,15H2,1-4H3,(H,24,26). The van der Waals surface area contributed by atoms with E-state index in [0.29, 0.717) is 23.2 Å². The lowest BCUT2D eigenvalue weighted by molar-refractivity contribution is -0.155. The summed E-state index contributed by atoms with van der Waals surface area (Å²) in [6.07, 6.45) is 13.1. The van der Waals surface area contributed by atoms with Crippen LogP contribution in [0.1, 0.15) is 90.4 Å². The number of hydrogen-bond acceptors (Lipinski definition) is 8. The summed E-state index contributed by atoms with van der Waals surface area (Å²) in [5, 5.41) is 7.11. The summed E-state index contributed by atoms with van der Waals surface area (Å²) in [7, 11) is 1.77. The van der Waals surface area contributed by atoms with E-state index in [9.17, 15) is 4.79 Å². The van der Waals surface area contributed by atoms with Crippen LogP contribution in [0.15, 0.2) is 16.9 Å². The largest absolute Gasteiger partial charge is 0.460 e. The van der Waals surface area contributed by atoms with Crippen LogP contribution in [0.2, 0.25) is 0 Å². The Morgan fingerprint density at radius 1 is 1.23 bits per heavy atom. The van der Waals surface area contributed by atoms with Crippen molar-refractivity contribution in [1.29, 1.82) is 0 Å². The molecule has 1 aliphatic rings. The molecule has 170 valence electrons. The summed E-state index contributed by atoms with van der Waals surface area (Å²) in [6, 6.07) is 0. The number of aromatic nitrogens is 4. The minimum Gasteiger partial charge on any atom is -0.460 e. The first-order chi connectivity index (χ1) is 14.9. The number of carbonyl (C=O) groups excluding carboxylic acids is 1. The van der Waals surface area contributed by atoms with Crippen LogP contribution in [0, 0.1) is 5.92 Å². The Bertz CT molecular complexity index is 840. The van der Waals surface area contributed by atoms with E-state index >= 15 is 0 Å². The number of rotatable bonds is 9. The summed E-state index contributed by atoms with van der Waals surface area (Å²) < 4.78 is 11.1. The topological polar surface area (TPSA) is 103 Å². The molecule has 2 aromatic heterocycles. The normalized spacial score (nSPS) is 16.1. The lowest BCUT2D eigenvalue weighted by atomic mass is 9.84. The van der Waals surface area contributed by atoms with Gasteiger partial charge in [-0.25, -0.2) is 9.97 Å². The number of esters is 1. The number of anilines is 1. The number of nitrogens with one attached hydrogen (secondary N) is 1. The van der Waals surface area contributed by atoms with Gasteiger partial charge in [-0.05, 0) is 33.1 Å². The molecule has 3 rings (SSSR count). The molecule has 8 heteroatoms. The Labute approximate surface area is 184 Å². The van der Waals surface area contributed by atoms with Crippen LogP contribution >= 0.6 is 0 Å². The molecule has 1 aliphatic carbocycles. The van der Waals surface area contributed by atoms with Gasteiger partial charge in [0.25, 0.3) is 0 Å². The van der Waals surface area contributed by atoms with Crippen LogP contribution < -0.4 is 5.32 Å². The number of carbonyl (C=O) groups is 1. The van der Waals surface area contributed by atoms with Crippen LogP contribution in [0.5, 0.6) is 0 Å². The summed E-state index contributed by atoms with van der Waals surface area (Å²) in [6.45, 7) is 5.63. The lowest BCUT2D eigenvalue weighted by Gasteiger charge is -2.23. The molecule has 31 heavy (non-hydrogen) atoms. The number of nitrogens with zero attached hydrogens (tertiary/aromatic N) is 4. The fraction of sp³-hybridized carbons (Fsp3) is 0.696. The molecule has 1 N–H and O–H groups in total. The van der Waals surface area contributed by atoms with Crippen molar-refractivity contribution in [2.24, 2.45) is 5.92 Å². The monoisotopic (exact) mass is 429 g/mol. The Morgan fingerprint density at radius 2 is 1.97 bits per heavy atom. The van der Waals surface area contributed by atoms with Crippen molar-refractivity contribution in [3.63, 3.8) is 0 Å². The third-order valence-corrected chi connectivity index (χ3v) is 5.66. The molecular weight excluding hydrogens is 394 g/mol. The average Bonchev–Trinajstić information content (AvgIpc) is 3.22. The predicted molar refractivity (Wildman–Crippen MR) is 118 cm³/mol. The first-order valence-electron chi connectivity index (χ1n) is 11.4. The molecule has 1 saturated carbocycles. The van der Waals surface area contributed by atoms with Crippen molar-refractivity contribution < 1.29 is 14.1 Å². The molecule has 0 spiro atoms. The van der Waals surface area contributed by atoms with Gasteiger partial charge in [0.1, 0.15) is 5.60 Å². The van der Waals surface area contributed by atoms with Gasteiger partial charge >= 0.3 is 5.97 Å². The van der Waals surface area contributed by atoms with Gasteiger partial charge < -0.3 is 14.6 Å². The molecular formula is C23H35N5O3. The van der Waals surface area contributed by atoms with E-state index in [1.165, 1.54) is 38.5 Å². The highest BCUT2D eigenvalue weighted by Crippen LogP contribution is 2.32. The van der Waals surface area contributed by atoms with Crippen LogP contribution in [0.3, 0.4) is 0 Å². The van der Waals surface area contributed by atoms with Gasteiger partial charge in [0.15, 0.2) is 11.5 Å². The minimum atomic E-state index is -0.523. The molecule has 2 aromatic rings. The molecule has 8 nitrogen and oxygen atoms in total. The van der Waals surface area contributed by atoms with Gasteiger partial charge in [0.2, 0.25) is 11.7 Å². The van der Waals surface area contributed by atoms with Crippen LogP contribution in [0.4, 0.5) is 5.82 Å². The SMILES string of the molecule is CNc1nccnc1-c1noc(C(CCCC2CCCCC2)CC(=O)OC(C)(C)C)n1. The first-order valence-corrected chi connectivity index (χ1v) is 11.4. The van der Waals surface area contributed by atoms with E-state index in [2.05, 4.69) is 25.4 Å². The molecule has 0 radical (unpaired) electrons. The molecule has 1 unspecified atom stereocenters. The van der Waals surface area contributed by atoms with E-state index in [1.807, 2.05) is 20.8 Å². The molecule has 0 bridgehead atoms. The summed E-state index contributed by atoms with van der Waals surface area (Å²) >= 11 is 0. The zero-order chi connectivity index (χ0) is 22.3. The fourth-order valence-corrected chi connectivity index (χ4v) is 4.21. The molecule has 0 aromatic carbocycles. The highest BCUT2D eigenvalue weighted by atomic mass is 16.6. The minimum absolute atomic E-state index is 0.172. The first kappa shape index (κ1) is 23.2. The smallest absolute Gasteiger partial charge is 0.307 e. The zero-order valence-corrected chi connectivity index (χ0v) is 19.2. The van der Waals surface area contributed by atoms with Gasteiger partial charge in [-0.2, -0.15) is 4.98 Å². The van der Waals surface area contributed by atoms with Gasteiger partial charge in [0, 0.05) is 25.4 Å². The van der Waals surface area contributed by atoms with Gasteiger partial charge in [-0.1, -0.05) is 50.1 Å². The van der Waals surface area contributed by atoms with Crippen molar-refractivity contribution in [3.8, 4) is 11.5 Å². The lowest BCUT2D eigenvalue weighted by Crippen LogP contribution is -2.25. The second-order valence-corrected chi connectivity index (χ2v) is 9.38. The highest BCUT2D eigenvalue weighted by Gasteiger charge is 2.27. The van der Waals surface area contributed by atoms with Gasteiger partial charge in [0.05, 0.1) is 6.42 Å². The summed E-state index contributed by atoms with van der Waals surface area (Å²) in [4.78, 5) is 25.7. The zero-order valence-electron chi connectivity index (χ0n) is 19.2. The predicted octanol–water partition coefficient (Wildman–Crippen LogP) is 5.13. The average molecular weight is 430 g/mol. The Balaban J connectivity index is 1.72. The Kier molecular flexibility index (Phi) is 7.98. The van der Waals surface area contributed by atoms with Crippen LogP contribution in [0.25, 0.3) is 11.5 Å². The molecule has 0 saturated heterocycles.